The molecular formula is C14H25N3O2. The van der Waals surface area contributed by atoms with Crippen molar-refractivity contribution in [3.8, 4) is 0 Å². The number of hydrogen-bond donors (Lipinski definition) is 1. The predicted molar refractivity (Wildman–Crippen MR) is 75.0 cm³/mol. The number of rotatable bonds is 6. The fourth-order valence-corrected chi connectivity index (χ4v) is 2.27. The van der Waals surface area contributed by atoms with Crippen molar-refractivity contribution in [3.05, 3.63) is 18.0 Å². The molecular weight excluding hydrogens is 242 g/mol. The Balaban J connectivity index is 2.87. The van der Waals surface area contributed by atoms with Crippen molar-refractivity contribution >= 4 is 5.97 Å². The van der Waals surface area contributed by atoms with E-state index in [0.717, 1.165) is 12.1 Å². The SMILES string of the molecule is CCn1cc(C(C)N(CCC(=O)O)C(C)(C)C)cn1. The van der Waals surface area contributed by atoms with Crippen LogP contribution in [-0.2, 0) is 11.3 Å². The first kappa shape index (κ1) is 15.7. The summed E-state index contributed by atoms with van der Waals surface area (Å²) in [5.41, 5.74) is 1.05. The number of nitrogens with zero attached hydrogens (tertiary/aromatic N) is 3. The maximum absolute atomic E-state index is 10.8. The quantitative estimate of drug-likeness (QED) is 0.860. The summed E-state index contributed by atoms with van der Waals surface area (Å²) in [6.07, 6.45) is 4.06. The molecule has 0 spiro atoms. The molecule has 1 unspecified atom stereocenters. The van der Waals surface area contributed by atoms with Gasteiger partial charge in [0.1, 0.15) is 0 Å². The smallest absolute Gasteiger partial charge is 0.304 e. The van der Waals surface area contributed by atoms with E-state index in [1.807, 2.05) is 24.0 Å². The molecule has 0 amide bonds. The normalized spacial score (nSPS) is 13.8. The molecule has 0 saturated heterocycles. The largest absolute Gasteiger partial charge is 0.481 e. The highest BCUT2D eigenvalue weighted by Gasteiger charge is 2.28. The fourth-order valence-electron chi connectivity index (χ4n) is 2.27. The molecule has 0 fully saturated rings. The predicted octanol–water partition coefficient (Wildman–Crippen LogP) is 2.54. The van der Waals surface area contributed by atoms with Gasteiger partial charge in [-0.3, -0.25) is 14.4 Å². The summed E-state index contributed by atoms with van der Waals surface area (Å²) in [5, 5.41) is 13.2. The summed E-state index contributed by atoms with van der Waals surface area (Å²) in [5.74, 6) is -0.759. The van der Waals surface area contributed by atoms with Gasteiger partial charge in [-0.1, -0.05) is 0 Å². The Labute approximate surface area is 115 Å². The highest BCUT2D eigenvalue weighted by Crippen LogP contribution is 2.27. The molecule has 0 saturated carbocycles. The van der Waals surface area contributed by atoms with Gasteiger partial charge in [-0.15, -0.1) is 0 Å². The van der Waals surface area contributed by atoms with E-state index in [2.05, 4.69) is 37.7 Å². The van der Waals surface area contributed by atoms with E-state index in [1.165, 1.54) is 0 Å². The first-order valence-electron chi connectivity index (χ1n) is 6.76. The van der Waals surface area contributed by atoms with Gasteiger partial charge >= 0.3 is 5.97 Å². The minimum absolute atomic E-state index is 0.0802. The van der Waals surface area contributed by atoms with Crippen LogP contribution >= 0.6 is 0 Å². The first-order chi connectivity index (χ1) is 8.75. The van der Waals surface area contributed by atoms with Crippen LogP contribution in [0.2, 0.25) is 0 Å². The molecule has 0 bridgehead atoms. The minimum atomic E-state index is -0.759. The fraction of sp³-hybridized carbons (Fsp3) is 0.714. The molecule has 1 aromatic heterocycles. The molecule has 0 radical (unpaired) electrons. The number of aliphatic carboxylic acids is 1. The molecule has 0 aliphatic rings. The van der Waals surface area contributed by atoms with Crippen molar-refractivity contribution in [2.45, 2.75) is 59.2 Å². The van der Waals surface area contributed by atoms with Gasteiger partial charge in [-0.2, -0.15) is 5.10 Å². The average Bonchev–Trinajstić information content (AvgIpc) is 2.75. The number of carbonyl (C=O) groups is 1. The Morgan fingerprint density at radius 1 is 1.53 bits per heavy atom. The molecule has 0 aliphatic heterocycles. The van der Waals surface area contributed by atoms with E-state index < -0.39 is 5.97 Å². The Morgan fingerprint density at radius 3 is 2.58 bits per heavy atom. The van der Waals surface area contributed by atoms with Gasteiger partial charge in [0.05, 0.1) is 12.6 Å². The number of aromatic nitrogens is 2. The van der Waals surface area contributed by atoms with Gasteiger partial charge in [-0.25, -0.2) is 0 Å². The van der Waals surface area contributed by atoms with Crippen LogP contribution in [0.4, 0.5) is 0 Å². The maximum atomic E-state index is 10.8. The Morgan fingerprint density at radius 2 is 2.16 bits per heavy atom. The lowest BCUT2D eigenvalue weighted by Gasteiger charge is -2.39. The van der Waals surface area contributed by atoms with Gasteiger partial charge in [-0.05, 0) is 34.6 Å². The van der Waals surface area contributed by atoms with Crippen LogP contribution in [0.25, 0.3) is 0 Å². The highest BCUT2D eigenvalue weighted by atomic mass is 16.4. The summed E-state index contributed by atoms with van der Waals surface area (Å²) in [4.78, 5) is 13.0. The molecule has 0 aliphatic carbocycles. The van der Waals surface area contributed by atoms with Crippen molar-refractivity contribution in [2.24, 2.45) is 0 Å². The van der Waals surface area contributed by atoms with E-state index in [-0.39, 0.29) is 18.0 Å². The van der Waals surface area contributed by atoms with E-state index in [4.69, 9.17) is 5.11 Å². The Hall–Kier alpha value is -1.36. The minimum Gasteiger partial charge on any atom is -0.481 e. The summed E-state index contributed by atoms with van der Waals surface area (Å²) in [7, 11) is 0. The molecule has 108 valence electrons. The third-order valence-corrected chi connectivity index (χ3v) is 3.36. The second kappa shape index (κ2) is 6.19. The van der Waals surface area contributed by atoms with Crippen LogP contribution in [-0.4, -0.2) is 37.8 Å². The molecule has 1 atom stereocenters. The molecule has 5 heteroatoms. The molecule has 0 aromatic carbocycles. The average molecular weight is 267 g/mol. The number of hydrogen-bond acceptors (Lipinski definition) is 3. The van der Waals surface area contributed by atoms with Gasteiger partial charge < -0.3 is 5.11 Å². The summed E-state index contributed by atoms with van der Waals surface area (Å²) < 4.78 is 1.89. The van der Waals surface area contributed by atoms with Crippen molar-refractivity contribution in [1.82, 2.24) is 14.7 Å². The standard InChI is InChI=1S/C14H25N3O2/c1-6-16-10-12(9-15-16)11(2)17(14(3,4)5)8-7-13(18)19/h9-11H,6-8H2,1-5H3,(H,18,19). The van der Waals surface area contributed by atoms with Gasteiger partial charge in [0, 0.05) is 36.4 Å². The molecule has 1 aromatic rings. The lowest BCUT2D eigenvalue weighted by Crippen LogP contribution is -2.44. The van der Waals surface area contributed by atoms with Crippen molar-refractivity contribution in [1.29, 1.82) is 0 Å². The van der Waals surface area contributed by atoms with Crippen molar-refractivity contribution < 1.29 is 9.90 Å². The first-order valence-corrected chi connectivity index (χ1v) is 6.76. The molecule has 1 rings (SSSR count). The zero-order valence-electron chi connectivity index (χ0n) is 12.6. The van der Waals surface area contributed by atoms with Crippen LogP contribution in [0.15, 0.2) is 12.4 Å². The van der Waals surface area contributed by atoms with Crippen molar-refractivity contribution in [2.75, 3.05) is 6.54 Å². The second-order valence-corrected chi connectivity index (χ2v) is 5.81. The van der Waals surface area contributed by atoms with E-state index in [1.54, 1.807) is 0 Å². The van der Waals surface area contributed by atoms with Crippen LogP contribution < -0.4 is 0 Å². The van der Waals surface area contributed by atoms with Gasteiger partial charge in [0.2, 0.25) is 0 Å². The van der Waals surface area contributed by atoms with Gasteiger partial charge in [0.15, 0.2) is 0 Å². The summed E-state index contributed by atoms with van der Waals surface area (Å²) in [6, 6.07) is 0.152. The van der Waals surface area contributed by atoms with Crippen molar-refractivity contribution in [3.63, 3.8) is 0 Å². The topological polar surface area (TPSA) is 58.4 Å². The molecule has 5 nitrogen and oxygen atoms in total. The Bertz CT molecular complexity index is 421. The summed E-state index contributed by atoms with van der Waals surface area (Å²) in [6.45, 7) is 11.9. The van der Waals surface area contributed by atoms with Crippen LogP contribution in [0.5, 0.6) is 0 Å². The lowest BCUT2D eigenvalue weighted by molar-refractivity contribution is -0.137. The lowest BCUT2D eigenvalue weighted by atomic mass is 10.00. The van der Waals surface area contributed by atoms with Crippen LogP contribution in [0.1, 0.15) is 52.6 Å². The molecule has 19 heavy (non-hydrogen) atoms. The monoisotopic (exact) mass is 267 g/mol. The van der Waals surface area contributed by atoms with E-state index in [9.17, 15) is 4.79 Å². The maximum Gasteiger partial charge on any atom is 0.304 e. The van der Waals surface area contributed by atoms with E-state index in [0.29, 0.717) is 6.54 Å². The van der Waals surface area contributed by atoms with Crippen LogP contribution in [0.3, 0.4) is 0 Å². The molecule has 1 heterocycles. The van der Waals surface area contributed by atoms with Crippen LogP contribution in [0, 0.1) is 0 Å². The third-order valence-electron chi connectivity index (χ3n) is 3.36. The summed E-state index contributed by atoms with van der Waals surface area (Å²) >= 11 is 0. The van der Waals surface area contributed by atoms with Gasteiger partial charge in [0.25, 0.3) is 0 Å². The van der Waals surface area contributed by atoms with E-state index >= 15 is 0 Å². The number of carboxylic acids is 1. The third kappa shape index (κ3) is 4.35. The Kier molecular flexibility index (Phi) is 5.11. The second-order valence-electron chi connectivity index (χ2n) is 5.81. The highest BCUT2D eigenvalue weighted by molar-refractivity contribution is 5.66. The number of carboxylic acid groups (broad SMARTS) is 1. The number of aryl methyl sites for hydroxylation is 1. The zero-order valence-corrected chi connectivity index (χ0v) is 12.6. The zero-order chi connectivity index (χ0) is 14.6. The molecule has 1 N–H and O–H groups in total.